The quantitative estimate of drug-likeness (QED) is 0.686. The van der Waals surface area contributed by atoms with E-state index in [2.05, 4.69) is 10.3 Å². The molecule has 27 heavy (non-hydrogen) atoms. The SMILES string of the molecule is CC(C)C(Sc1ccc(S(=O)(=O)N2CCCCCC2)cn1)C(=O)NC(N)=O. The van der Waals surface area contributed by atoms with Crippen molar-refractivity contribution in [1.82, 2.24) is 14.6 Å². The number of sulfonamides is 1. The lowest BCUT2D eigenvalue weighted by Crippen LogP contribution is -2.42. The van der Waals surface area contributed by atoms with Gasteiger partial charge in [0.15, 0.2) is 0 Å². The first-order valence-electron chi connectivity index (χ1n) is 8.95. The van der Waals surface area contributed by atoms with Gasteiger partial charge in [0.1, 0.15) is 4.90 Å². The van der Waals surface area contributed by atoms with Gasteiger partial charge in [-0.25, -0.2) is 18.2 Å². The van der Waals surface area contributed by atoms with E-state index in [0.717, 1.165) is 25.7 Å². The first-order valence-corrected chi connectivity index (χ1v) is 11.3. The van der Waals surface area contributed by atoms with Crippen LogP contribution >= 0.6 is 11.8 Å². The normalized spacial score (nSPS) is 17.3. The highest BCUT2D eigenvalue weighted by atomic mass is 32.2. The molecule has 0 aromatic carbocycles. The Balaban J connectivity index is 2.13. The number of aromatic nitrogens is 1. The highest BCUT2D eigenvalue weighted by molar-refractivity contribution is 8.00. The smallest absolute Gasteiger partial charge is 0.318 e. The molecule has 0 aliphatic carbocycles. The van der Waals surface area contributed by atoms with Gasteiger partial charge in [0.25, 0.3) is 0 Å². The standard InChI is InChI=1S/C17H26N4O4S2/c1-12(2)15(16(22)20-17(18)23)26-14-8-7-13(11-19-14)27(24,25)21-9-5-3-4-6-10-21/h7-8,11-12,15H,3-6,9-10H2,1-2H3,(H3,18,20,22,23). The minimum absolute atomic E-state index is 0.0725. The fourth-order valence-electron chi connectivity index (χ4n) is 2.84. The molecule has 1 aromatic heterocycles. The first kappa shape index (κ1) is 21.6. The molecule has 1 aliphatic heterocycles. The Morgan fingerprint density at radius 1 is 1.19 bits per heavy atom. The van der Waals surface area contributed by atoms with E-state index in [1.807, 2.05) is 13.8 Å². The number of urea groups is 1. The van der Waals surface area contributed by atoms with Crippen LogP contribution in [0.4, 0.5) is 4.79 Å². The number of nitrogens with zero attached hydrogens (tertiary/aromatic N) is 2. The summed E-state index contributed by atoms with van der Waals surface area (Å²) < 4.78 is 27.1. The molecule has 150 valence electrons. The van der Waals surface area contributed by atoms with Gasteiger partial charge in [-0.15, -0.1) is 0 Å². The Labute approximate surface area is 164 Å². The molecule has 10 heteroatoms. The van der Waals surface area contributed by atoms with E-state index in [1.54, 1.807) is 6.07 Å². The molecule has 0 bridgehead atoms. The molecular weight excluding hydrogens is 388 g/mol. The third kappa shape index (κ3) is 5.91. The third-order valence-corrected chi connectivity index (χ3v) is 7.65. The maximum absolute atomic E-state index is 12.8. The molecule has 1 unspecified atom stereocenters. The third-order valence-electron chi connectivity index (χ3n) is 4.27. The number of imide groups is 1. The molecule has 3 N–H and O–H groups in total. The minimum atomic E-state index is -3.56. The number of nitrogens with two attached hydrogens (primary N) is 1. The number of carbonyl (C=O) groups is 2. The van der Waals surface area contributed by atoms with E-state index in [9.17, 15) is 18.0 Å². The van der Waals surface area contributed by atoms with Crippen molar-refractivity contribution in [1.29, 1.82) is 0 Å². The van der Waals surface area contributed by atoms with Crippen molar-refractivity contribution < 1.29 is 18.0 Å². The van der Waals surface area contributed by atoms with Crippen LogP contribution in [0.1, 0.15) is 39.5 Å². The summed E-state index contributed by atoms with van der Waals surface area (Å²) in [6.07, 6.45) is 5.15. The number of nitrogens with one attached hydrogen (secondary N) is 1. The fourth-order valence-corrected chi connectivity index (χ4v) is 5.26. The molecule has 1 aromatic rings. The van der Waals surface area contributed by atoms with E-state index in [4.69, 9.17) is 5.73 Å². The highest BCUT2D eigenvalue weighted by Gasteiger charge is 2.27. The van der Waals surface area contributed by atoms with E-state index in [1.165, 1.54) is 28.3 Å². The Kier molecular flexibility index (Phi) is 7.63. The van der Waals surface area contributed by atoms with Crippen molar-refractivity contribution in [2.75, 3.05) is 13.1 Å². The van der Waals surface area contributed by atoms with Crippen molar-refractivity contribution in [3.8, 4) is 0 Å². The number of hydrogen-bond donors (Lipinski definition) is 2. The number of pyridine rings is 1. The molecule has 3 amide bonds. The van der Waals surface area contributed by atoms with Gasteiger partial charge < -0.3 is 5.73 Å². The summed E-state index contributed by atoms with van der Waals surface area (Å²) in [5, 5.41) is 2.01. The Morgan fingerprint density at radius 3 is 2.30 bits per heavy atom. The summed E-state index contributed by atoms with van der Waals surface area (Å²) in [5.74, 6) is -0.567. The van der Waals surface area contributed by atoms with Crippen LogP contribution in [-0.4, -0.2) is 48.0 Å². The Morgan fingerprint density at radius 2 is 1.81 bits per heavy atom. The first-order chi connectivity index (χ1) is 12.7. The van der Waals surface area contributed by atoms with Crippen molar-refractivity contribution >= 4 is 33.7 Å². The van der Waals surface area contributed by atoms with Crippen molar-refractivity contribution in [2.45, 2.75) is 54.7 Å². The number of primary amides is 1. The van der Waals surface area contributed by atoms with Gasteiger partial charge in [-0.3, -0.25) is 10.1 Å². The van der Waals surface area contributed by atoms with E-state index in [0.29, 0.717) is 18.1 Å². The molecular formula is C17H26N4O4S2. The predicted molar refractivity (Wildman–Crippen MR) is 104 cm³/mol. The fraction of sp³-hybridized carbons (Fsp3) is 0.588. The van der Waals surface area contributed by atoms with Gasteiger partial charge in [0, 0.05) is 19.3 Å². The van der Waals surface area contributed by atoms with Crippen LogP contribution in [0, 0.1) is 5.92 Å². The Hall–Kier alpha value is -1.65. The lowest BCUT2D eigenvalue weighted by molar-refractivity contribution is -0.120. The van der Waals surface area contributed by atoms with Gasteiger partial charge in [-0.05, 0) is 30.9 Å². The molecule has 0 radical (unpaired) electrons. The number of hydrogen-bond acceptors (Lipinski definition) is 6. The van der Waals surface area contributed by atoms with Crippen LogP contribution in [0.3, 0.4) is 0 Å². The Bertz CT molecular complexity index is 758. The zero-order chi connectivity index (χ0) is 20.0. The van der Waals surface area contributed by atoms with Crippen LogP contribution in [-0.2, 0) is 14.8 Å². The largest absolute Gasteiger partial charge is 0.351 e. The summed E-state index contributed by atoms with van der Waals surface area (Å²) >= 11 is 1.17. The van der Waals surface area contributed by atoms with Gasteiger partial charge in [-0.1, -0.05) is 38.5 Å². The van der Waals surface area contributed by atoms with Crippen molar-refractivity contribution in [2.24, 2.45) is 11.7 Å². The molecule has 0 spiro atoms. The van der Waals surface area contributed by atoms with Crippen LogP contribution in [0.25, 0.3) is 0 Å². The number of amides is 3. The van der Waals surface area contributed by atoms with Gasteiger partial charge in [0.2, 0.25) is 15.9 Å². The molecule has 1 aliphatic rings. The van der Waals surface area contributed by atoms with Crippen LogP contribution in [0.2, 0.25) is 0 Å². The number of carbonyl (C=O) groups excluding carboxylic acids is 2. The van der Waals surface area contributed by atoms with Crippen LogP contribution < -0.4 is 11.1 Å². The molecule has 1 saturated heterocycles. The summed E-state index contributed by atoms with van der Waals surface area (Å²) in [6.45, 7) is 4.75. The summed E-state index contributed by atoms with van der Waals surface area (Å²) in [7, 11) is -3.56. The second-order valence-corrected chi connectivity index (χ2v) is 9.89. The van der Waals surface area contributed by atoms with E-state index >= 15 is 0 Å². The van der Waals surface area contributed by atoms with E-state index in [-0.39, 0.29) is 10.8 Å². The molecule has 1 fully saturated rings. The maximum atomic E-state index is 12.8. The molecule has 2 rings (SSSR count). The lowest BCUT2D eigenvalue weighted by Gasteiger charge is -2.20. The zero-order valence-corrected chi connectivity index (χ0v) is 17.2. The zero-order valence-electron chi connectivity index (χ0n) is 15.6. The predicted octanol–water partition coefficient (Wildman–Crippen LogP) is 1.96. The minimum Gasteiger partial charge on any atom is -0.351 e. The summed E-state index contributed by atoms with van der Waals surface area (Å²) in [6, 6.07) is 2.19. The second-order valence-electron chi connectivity index (χ2n) is 6.79. The van der Waals surface area contributed by atoms with Crippen molar-refractivity contribution in [3.63, 3.8) is 0 Å². The molecule has 1 atom stereocenters. The summed E-state index contributed by atoms with van der Waals surface area (Å²) in [5.41, 5.74) is 5.01. The molecule has 0 saturated carbocycles. The number of rotatable bonds is 6. The van der Waals surface area contributed by atoms with Gasteiger partial charge >= 0.3 is 6.03 Å². The lowest BCUT2D eigenvalue weighted by atomic mass is 10.1. The highest BCUT2D eigenvalue weighted by Crippen LogP contribution is 2.28. The monoisotopic (exact) mass is 414 g/mol. The second kappa shape index (κ2) is 9.52. The average Bonchev–Trinajstić information content (AvgIpc) is 2.89. The van der Waals surface area contributed by atoms with Crippen molar-refractivity contribution in [3.05, 3.63) is 18.3 Å². The average molecular weight is 415 g/mol. The molecule has 8 nitrogen and oxygen atoms in total. The van der Waals surface area contributed by atoms with E-state index < -0.39 is 27.2 Å². The van der Waals surface area contributed by atoms with Crippen LogP contribution in [0.15, 0.2) is 28.3 Å². The van der Waals surface area contributed by atoms with Gasteiger partial charge in [-0.2, -0.15) is 4.31 Å². The van der Waals surface area contributed by atoms with Crippen LogP contribution in [0.5, 0.6) is 0 Å². The van der Waals surface area contributed by atoms with Gasteiger partial charge in [0.05, 0.1) is 10.3 Å². The maximum Gasteiger partial charge on any atom is 0.318 e. The summed E-state index contributed by atoms with van der Waals surface area (Å²) in [4.78, 5) is 27.4. The topological polar surface area (TPSA) is 122 Å². The number of thioether (sulfide) groups is 1. The molecule has 2 heterocycles.